The van der Waals surface area contributed by atoms with Crippen LogP contribution in [-0.4, -0.2) is 41.3 Å². The van der Waals surface area contributed by atoms with E-state index in [0.29, 0.717) is 0 Å². The van der Waals surface area contributed by atoms with E-state index in [9.17, 15) is 14.4 Å². The van der Waals surface area contributed by atoms with Crippen LogP contribution in [0.2, 0.25) is 0 Å². The van der Waals surface area contributed by atoms with Gasteiger partial charge in [-0.05, 0) is 54.9 Å². The molecule has 2 aromatic rings. The van der Waals surface area contributed by atoms with Crippen molar-refractivity contribution in [3.8, 4) is 11.1 Å². The number of carbonyl (C=O) groups excluding carboxylic acids is 2. The number of hydrogen-bond acceptors (Lipinski definition) is 4. The maximum Gasteiger partial charge on any atom is 0.407 e. The third-order valence-electron chi connectivity index (χ3n) is 6.82. The lowest BCUT2D eigenvalue weighted by Gasteiger charge is -2.26. The van der Waals surface area contributed by atoms with Crippen LogP contribution in [0.3, 0.4) is 0 Å². The van der Waals surface area contributed by atoms with E-state index < -0.39 is 17.6 Å². The Morgan fingerprint density at radius 2 is 1.62 bits per heavy atom. The molecule has 0 aliphatic heterocycles. The minimum atomic E-state index is -0.957. The Balaban J connectivity index is 1.32. The van der Waals surface area contributed by atoms with Gasteiger partial charge in [-0.15, -0.1) is 0 Å². The van der Waals surface area contributed by atoms with Crippen molar-refractivity contribution >= 4 is 18.0 Å². The molecule has 0 spiro atoms. The molecular formula is C27H32N2O5. The predicted molar refractivity (Wildman–Crippen MR) is 128 cm³/mol. The number of alkyl carbamates (subject to hydrolysis) is 1. The smallest absolute Gasteiger partial charge is 0.407 e. The van der Waals surface area contributed by atoms with Crippen LogP contribution in [0.1, 0.15) is 63.0 Å². The van der Waals surface area contributed by atoms with E-state index in [-0.39, 0.29) is 43.2 Å². The molecule has 0 aromatic heterocycles. The van der Waals surface area contributed by atoms with Crippen molar-refractivity contribution in [3.63, 3.8) is 0 Å². The van der Waals surface area contributed by atoms with Gasteiger partial charge in [-0.3, -0.25) is 9.59 Å². The second-order valence-corrected chi connectivity index (χ2v) is 9.97. The lowest BCUT2D eigenvalue weighted by atomic mass is 9.96. The SMILES string of the molecule is CC(C)(CC(=O)O)NC(=O)C[C@@H]1CCC[C@H]1NC(=O)OCC1c2ccccc2-c2ccccc21. The van der Waals surface area contributed by atoms with Crippen LogP contribution in [0.25, 0.3) is 11.1 Å². The molecule has 0 bridgehead atoms. The van der Waals surface area contributed by atoms with Gasteiger partial charge in [0.25, 0.3) is 0 Å². The van der Waals surface area contributed by atoms with Crippen molar-refractivity contribution in [2.24, 2.45) is 5.92 Å². The summed E-state index contributed by atoms with van der Waals surface area (Å²) in [6, 6.07) is 16.3. The molecule has 3 N–H and O–H groups in total. The summed E-state index contributed by atoms with van der Waals surface area (Å²) in [5, 5.41) is 14.8. The Hall–Kier alpha value is -3.35. The van der Waals surface area contributed by atoms with Gasteiger partial charge in [0.1, 0.15) is 6.61 Å². The van der Waals surface area contributed by atoms with E-state index in [1.165, 1.54) is 11.1 Å². The largest absolute Gasteiger partial charge is 0.481 e. The second-order valence-electron chi connectivity index (χ2n) is 9.97. The highest BCUT2D eigenvalue weighted by molar-refractivity contribution is 5.80. The number of hydrogen-bond donors (Lipinski definition) is 3. The number of carboxylic acid groups (broad SMARTS) is 1. The predicted octanol–water partition coefficient (Wildman–Crippen LogP) is 4.45. The Morgan fingerprint density at radius 3 is 2.24 bits per heavy atom. The van der Waals surface area contributed by atoms with Gasteiger partial charge in [0, 0.05) is 23.9 Å². The summed E-state index contributed by atoms with van der Waals surface area (Å²) in [4.78, 5) is 36.2. The number of nitrogens with one attached hydrogen (secondary N) is 2. The van der Waals surface area contributed by atoms with Crippen molar-refractivity contribution in [1.29, 1.82) is 0 Å². The zero-order valence-corrected chi connectivity index (χ0v) is 19.7. The number of aliphatic carboxylic acids is 1. The normalized spacial score (nSPS) is 19.2. The van der Waals surface area contributed by atoms with Gasteiger partial charge in [-0.25, -0.2) is 4.79 Å². The highest BCUT2D eigenvalue weighted by Crippen LogP contribution is 2.44. The molecule has 0 saturated heterocycles. The number of ether oxygens (including phenoxy) is 1. The molecule has 2 aromatic carbocycles. The molecule has 0 heterocycles. The molecule has 180 valence electrons. The van der Waals surface area contributed by atoms with E-state index in [2.05, 4.69) is 34.9 Å². The van der Waals surface area contributed by atoms with Gasteiger partial charge >= 0.3 is 12.1 Å². The highest BCUT2D eigenvalue weighted by Gasteiger charge is 2.33. The van der Waals surface area contributed by atoms with Gasteiger partial charge < -0.3 is 20.5 Å². The molecule has 7 heteroatoms. The summed E-state index contributed by atoms with van der Waals surface area (Å²) in [6.45, 7) is 3.64. The fraction of sp³-hybridized carbons (Fsp3) is 0.444. The Morgan fingerprint density at radius 1 is 1.00 bits per heavy atom. The first-order valence-corrected chi connectivity index (χ1v) is 11.9. The van der Waals surface area contributed by atoms with Gasteiger partial charge in [-0.2, -0.15) is 0 Å². The third kappa shape index (κ3) is 5.41. The third-order valence-corrected chi connectivity index (χ3v) is 6.82. The fourth-order valence-electron chi connectivity index (χ4n) is 5.35. The first-order valence-electron chi connectivity index (χ1n) is 11.9. The molecule has 2 atom stereocenters. The number of benzene rings is 2. The molecule has 4 rings (SSSR count). The van der Waals surface area contributed by atoms with Crippen molar-refractivity contribution in [2.75, 3.05) is 6.61 Å². The van der Waals surface area contributed by atoms with Crippen LogP contribution in [-0.2, 0) is 14.3 Å². The topological polar surface area (TPSA) is 105 Å². The van der Waals surface area contributed by atoms with Gasteiger partial charge in [-0.1, -0.05) is 55.0 Å². The summed E-state index contributed by atoms with van der Waals surface area (Å²) in [5.41, 5.74) is 3.86. The second kappa shape index (κ2) is 9.87. The lowest BCUT2D eigenvalue weighted by molar-refractivity contribution is -0.138. The molecule has 0 unspecified atom stereocenters. The zero-order chi connectivity index (χ0) is 24.3. The summed E-state index contributed by atoms with van der Waals surface area (Å²) in [7, 11) is 0. The van der Waals surface area contributed by atoms with E-state index >= 15 is 0 Å². The Bertz CT molecular complexity index is 1030. The first-order chi connectivity index (χ1) is 16.2. The van der Waals surface area contributed by atoms with E-state index in [0.717, 1.165) is 30.4 Å². The number of fused-ring (bicyclic) bond motifs is 3. The van der Waals surface area contributed by atoms with E-state index in [4.69, 9.17) is 9.84 Å². The molecule has 2 aliphatic rings. The number of carboxylic acids is 1. The monoisotopic (exact) mass is 464 g/mol. The lowest BCUT2D eigenvalue weighted by Crippen LogP contribution is -2.46. The van der Waals surface area contributed by atoms with E-state index in [1.54, 1.807) is 13.8 Å². The molecule has 1 fully saturated rings. The summed E-state index contributed by atoms with van der Waals surface area (Å²) < 4.78 is 5.66. The average molecular weight is 465 g/mol. The molecule has 34 heavy (non-hydrogen) atoms. The number of amides is 2. The molecule has 2 aliphatic carbocycles. The maximum absolute atomic E-state index is 12.7. The van der Waals surface area contributed by atoms with Crippen LogP contribution >= 0.6 is 0 Å². The van der Waals surface area contributed by atoms with Crippen molar-refractivity contribution < 1.29 is 24.2 Å². The highest BCUT2D eigenvalue weighted by atomic mass is 16.5. The van der Waals surface area contributed by atoms with Crippen LogP contribution in [0.5, 0.6) is 0 Å². The minimum Gasteiger partial charge on any atom is -0.481 e. The summed E-state index contributed by atoms with van der Waals surface area (Å²) in [5.74, 6) is -1.15. The average Bonchev–Trinajstić information content (AvgIpc) is 3.32. The molecular weight excluding hydrogens is 432 g/mol. The number of rotatable bonds is 8. The molecule has 1 saturated carbocycles. The fourth-order valence-corrected chi connectivity index (χ4v) is 5.35. The van der Waals surface area contributed by atoms with Gasteiger partial charge in [0.15, 0.2) is 0 Å². The Labute approximate surface area is 199 Å². The first kappa shape index (κ1) is 23.8. The maximum atomic E-state index is 12.7. The summed E-state index contributed by atoms with van der Waals surface area (Å²) >= 11 is 0. The zero-order valence-electron chi connectivity index (χ0n) is 19.7. The van der Waals surface area contributed by atoms with Crippen LogP contribution in [0, 0.1) is 5.92 Å². The minimum absolute atomic E-state index is 0.000213. The van der Waals surface area contributed by atoms with Crippen molar-refractivity contribution in [3.05, 3.63) is 59.7 Å². The van der Waals surface area contributed by atoms with Gasteiger partial charge in [0.2, 0.25) is 5.91 Å². The standard InChI is InChI=1S/C27H32N2O5/c1-27(2,15-25(31)32)29-24(30)14-17-8-7-13-23(17)28-26(33)34-16-22-20-11-5-3-9-18(20)19-10-4-6-12-21(19)22/h3-6,9-12,17,22-23H,7-8,13-16H2,1-2H3,(H,28,33)(H,29,30)(H,31,32)/t17-,23+/m0/s1. The Kier molecular flexibility index (Phi) is 6.91. The molecule has 0 radical (unpaired) electrons. The number of carbonyl (C=O) groups is 3. The van der Waals surface area contributed by atoms with E-state index in [1.807, 2.05) is 24.3 Å². The van der Waals surface area contributed by atoms with Crippen molar-refractivity contribution in [2.45, 2.75) is 63.5 Å². The van der Waals surface area contributed by atoms with Gasteiger partial charge in [0.05, 0.1) is 6.42 Å². The van der Waals surface area contributed by atoms with Crippen LogP contribution in [0.4, 0.5) is 4.79 Å². The molecule has 2 amide bonds. The van der Waals surface area contributed by atoms with Crippen molar-refractivity contribution in [1.82, 2.24) is 10.6 Å². The quantitative estimate of drug-likeness (QED) is 0.535. The van der Waals surface area contributed by atoms with Crippen LogP contribution < -0.4 is 10.6 Å². The van der Waals surface area contributed by atoms with Crippen LogP contribution in [0.15, 0.2) is 48.5 Å². The molecule has 7 nitrogen and oxygen atoms in total. The summed E-state index contributed by atoms with van der Waals surface area (Å²) in [6.07, 6.45) is 2.18.